The fraction of sp³-hybridized carbons (Fsp3) is 0.250. The molecule has 2 aromatic rings. The summed E-state index contributed by atoms with van der Waals surface area (Å²) >= 11 is 0. The first-order valence-corrected chi connectivity index (χ1v) is 6.95. The predicted octanol–water partition coefficient (Wildman–Crippen LogP) is 2.03. The maximum atomic E-state index is 8.79. The van der Waals surface area contributed by atoms with Crippen molar-refractivity contribution in [1.82, 2.24) is 10.3 Å². The van der Waals surface area contributed by atoms with E-state index in [0.717, 1.165) is 18.5 Å². The molecular formula is C16H20N4O. The number of amidine groups is 1. The first-order valence-electron chi connectivity index (χ1n) is 6.95. The van der Waals surface area contributed by atoms with Crippen molar-refractivity contribution in [2.24, 2.45) is 10.9 Å². The molecule has 0 aliphatic rings. The van der Waals surface area contributed by atoms with Crippen LogP contribution in [0.25, 0.3) is 0 Å². The third-order valence-electron chi connectivity index (χ3n) is 3.37. The lowest BCUT2D eigenvalue weighted by molar-refractivity contribution is 0.318. The quantitative estimate of drug-likeness (QED) is 0.328. The SMILES string of the molecule is CCc1ccccc1CNCc1cccnc1C(N)=NO. The molecular weight excluding hydrogens is 264 g/mol. The van der Waals surface area contributed by atoms with E-state index in [0.29, 0.717) is 12.2 Å². The molecule has 0 amide bonds. The third kappa shape index (κ3) is 3.79. The van der Waals surface area contributed by atoms with Crippen LogP contribution in [0.4, 0.5) is 0 Å². The van der Waals surface area contributed by atoms with E-state index in [4.69, 9.17) is 10.9 Å². The molecule has 0 spiro atoms. The van der Waals surface area contributed by atoms with Crippen LogP contribution in [0, 0.1) is 0 Å². The van der Waals surface area contributed by atoms with Crippen molar-refractivity contribution in [3.63, 3.8) is 0 Å². The average Bonchev–Trinajstić information content (AvgIpc) is 2.55. The van der Waals surface area contributed by atoms with Gasteiger partial charge in [0, 0.05) is 19.3 Å². The van der Waals surface area contributed by atoms with Gasteiger partial charge in [-0.05, 0) is 29.2 Å². The minimum Gasteiger partial charge on any atom is -0.409 e. The molecule has 5 heteroatoms. The highest BCUT2D eigenvalue weighted by Gasteiger charge is 2.08. The number of oxime groups is 1. The molecule has 2 rings (SSSR count). The van der Waals surface area contributed by atoms with Crippen LogP contribution in [0.1, 0.15) is 29.3 Å². The lowest BCUT2D eigenvalue weighted by Gasteiger charge is -2.11. The number of hydrogen-bond donors (Lipinski definition) is 3. The summed E-state index contributed by atoms with van der Waals surface area (Å²) in [7, 11) is 0. The normalized spacial score (nSPS) is 11.6. The van der Waals surface area contributed by atoms with Gasteiger partial charge in [-0.2, -0.15) is 0 Å². The summed E-state index contributed by atoms with van der Waals surface area (Å²) in [6, 6.07) is 12.1. The lowest BCUT2D eigenvalue weighted by atomic mass is 10.1. The van der Waals surface area contributed by atoms with Gasteiger partial charge in [-0.15, -0.1) is 0 Å². The van der Waals surface area contributed by atoms with Crippen LogP contribution < -0.4 is 11.1 Å². The highest BCUT2D eigenvalue weighted by Crippen LogP contribution is 2.10. The van der Waals surface area contributed by atoms with Gasteiger partial charge in [0.2, 0.25) is 0 Å². The minimum atomic E-state index is 0.0290. The van der Waals surface area contributed by atoms with Gasteiger partial charge in [0.25, 0.3) is 0 Å². The summed E-state index contributed by atoms with van der Waals surface area (Å²) in [6.45, 7) is 3.53. The van der Waals surface area contributed by atoms with Gasteiger partial charge >= 0.3 is 0 Å². The van der Waals surface area contributed by atoms with E-state index in [-0.39, 0.29) is 5.84 Å². The van der Waals surface area contributed by atoms with Gasteiger partial charge in [-0.1, -0.05) is 42.4 Å². The molecule has 0 radical (unpaired) electrons. The zero-order valence-corrected chi connectivity index (χ0v) is 12.1. The Hall–Kier alpha value is -2.40. The Bertz CT molecular complexity index is 625. The molecule has 1 aromatic heterocycles. The molecule has 4 N–H and O–H groups in total. The number of nitrogens with one attached hydrogen (secondary N) is 1. The molecule has 0 saturated heterocycles. The summed E-state index contributed by atoms with van der Waals surface area (Å²) in [5, 5.41) is 15.2. The van der Waals surface area contributed by atoms with Crippen molar-refractivity contribution in [2.75, 3.05) is 0 Å². The molecule has 0 aliphatic heterocycles. The van der Waals surface area contributed by atoms with Crippen LogP contribution in [-0.4, -0.2) is 16.0 Å². The van der Waals surface area contributed by atoms with Crippen molar-refractivity contribution in [3.05, 3.63) is 65.0 Å². The van der Waals surface area contributed by atoms with Gasteiger partial charge < -0.3 is 16.3 Å². The maximum absolute atomic E-state index is 8.79. The molecule has 21 heavy (non-hydrogen) atoms. The van der Waals surface area contributed by atoms with E-state index in [1.807, 2.05) is 18.2 Å². The van der Waals surface area contributed by atoms with Crippen molar-refractivity contribution < 1.29 is 5.21 Å². The van der Waals surface area contributed by atoms with Crippen molar-refractivity contribution in [2.45, 2.75) is 26.4 Å². The second-order valence-electron chi connectivity index (χ2n) is 4.72. The zero-order chi connectivity index (χ0) is 15.1. The summed E-state index contributed by atoms with van der Waals surface area (Å²) < 4.78 is 0. The highest BCUT2D eigenvalue weighted by atomic mass is 16.4. The van der Waals surface area contributed by atoms with E-state index >= 15 is 0 Å². The zero-order valence-electron chi connectivity index (χ0n) is 12.1. The Balaban J connectivity index is 2.04. The molecule has 110 valence electrons. The predicted molar refractivity (Wildman–Crippen MR) is 83.1 cm³/mol. The summed E-state index contributed by atoms with van der Waals surface area (Å²) in [6.07, 6.45) is 2.64. The highest BCUT2D eigenvalue weighted by molar-refractivity contribution is 5.96. The van der Waals surface area contributed by atoms with Gasteiger partial charge in [0.1, 0.15) is 5.69 Å². The van der Waals surface area contributed by atoms with Crippen LogP contribution in [0.5, 0.6) is 0 Å². The standard InChI is InChI=1S/C16H20N4O/c1-2-12-6-3-4-7-13(12)10-18-11-14-8-5-9-19-15(14)16(17)20-21/h3-9,18,21H,2,10-11H2,1H3,(H2,17,20). The maximum Gasteiger partial charge on any atom is 0.189 e. The summed E-state index contributed by atoms with van der Waals surface area (Å²) in [5.41, 5.74) is 9.68. The van der Waals surface area contributed by atoms with Crippen LogP contribution in [-0.2, 0) is 19.5 Å². The number of rotatable bonds is 6. The van der Waals surface area contributed by atoms with Crippen molar-refractivity contribution >= 4 is 5.84 Å². The van der Waals surface area contributed by atoms with Crippen molar-refractivity contribution in [1.29, 1.82) is 0 Å². The number of nitrogens with zero attached hydrogens (tertiary/aromatic N) is 2. The van der Waals surface area contributed by atoms with Gasteiger partial charge in [0.15, 0.2) is 5.84 Å². The van der Waals surface area contributed by atoms with E-state index in [1.165, 1.54) is 11.1 Å². The number of hydrogen-bond acceptors (Lipinski definition) is 4. The lowest BCUT2D eigenvalue weighted by Crippen LogP contribution is -2.21. The first kappa shape index (κ1) is 15.0. The number of aromatic nitrogens is 1. The van der Waals surface area contributed by atoms with E-state index in [2.05, 4.69) is 40.6 Å². The largest absolute Gasteiger partial charge is 0.409 e. The number of pyridine rings is 1. The minimum absolute atomic E-state index is 0.0290. The fourth-order valence-corrected chi connectivity index (χ4v) is 2.27. The summed E-state index contributed by atoms with van der Waals surface area (Å²) in [4.78, 5) is 4.15. The number of benzene rings is 1. The van der Waals surface area contributed by atoms with Gasteiger partial charge in [-0.3, -0.25) is 4.98 Å². The Morgan fingerprint density at radius 3 is 2.52 bits per heavy atom. The number of nitrogens with two attached hydrogens (primary N) is 1. The Morgan fingerprint density at radius 1 is 1.14 bits per heavy atom. The molecule has 1 heterocycles. The van der Waals surface area contributed by atoms with Crippen LogP contribution in [0.15, 0.2) is 47.8 Å². The van der Waals surface area contributed by atoms with E-state index < -0.39 is 0 Å². The fourth-order valence-electron chi connectivity index (χ4n) is 2.27. The molecule has 0 unspecified atom stereocenters. The molecule has 0 saturated carbocycles. The van der Waals surface area contributed by atoms with Crippen molar-refractivity contribution in [3.8, 4) is 0 Å². The molecule has 0 fully saturated rings. The van der Waals surface area contributed by atoms with Gasteiger partial charge in [0.05, 0.1) is 0 Å². The average molecular weight is 284 g/mol. The van der Waals surface area contributed by atoms with E-state index in [9.17, 15) is 0 Å². The molecule has 1 aromatic carbocycles. The van der Waals surface area contributed by atoms with E-state index in [1.54, 1.807) is 6.20 Å². The molecule has 0 atom stereocenters. The Kier molecular flexibility index (Phi) is 5.29. The number of aryl methyl sites for hydroxylation is 1. The second-order valence-corrected chi connectivity index (χ2v) is 4.72. The third-order valence-corrected chi connectivity index (χ3v) is 3.37. The Labute approximate surface area is 124 Å². The first-order chi connectivity index (χ1) is 10.3. The smallest absolute Gasteiger partial charge is 0.189 e. The topological polar surface area (TPSA) is 83.5 Å². The van der Waals surface area contributed by atoms with Crippen LogP contribution in [0.3, 0.4) is 0 Å². The van der Waals surface area contributed by atoms with Crippen LogP contribution in [0.2, 0.25) is 0 Å². The van der Waals surface area contributed by atoms with Crippen LogP contribution >= 0.6 is 0 Å². The Morgan fingerprint density at radius 2 is 1.81 bits per heavy atom. The summed E-state index contributed by atoms with van der Waals surface area (Å²) in [5.74, 6) is 0.0290. The molecule has 5 nitrogen and oxygen atoms in total. The van der Waals surface area contributed by atoms with Gasteiger partial charge in [-0.25, -0.2) is 0 Å². The molecule has 0 bridgehead atoms. The monoisotopic (exact) mass is 284 g/mol. The second kappa shape index (κ2) is 7.40. The molecule has 0 aliphatic carbocycles.